The number of rotatable bonds is 1. The molecule has 2 aromatic heterocycles. The van der Waals surface area contributed by atoms with Crippen LogP contribution in [0.15, 0.2) is 29.4 Å². The van der Waals surface area contributed by atoms with Crippen molar-refractivity contribution in [2.75, 3.05) is 0 Å². The predicted octanol–water partition coefficient (Wildman–Crippen LogP) is 2.55. The van der Waals surface area contributed by atoms with Gasteiger partial charge in [0.1, 0.15) is 5.65 Å². The van der Waals surface area contributed by atoms with Gasteiger partial charge in [-0.1, -0.05) is 13.8 Å². The monoisotopic (exact) mass is 195 g/mol. The Morgan fingerprint density at radius 2 is 2.23 bits per heavy atom. The average molecular weight is 195 g/mol. The Labute approximate surface area is 81.9 Å². The summed E-state index contributed by atoms with van der Waals surface area (Å²) in [7, 11) is 0. The number of nitrogens with one attached hydrogen (secondary N) is 1. The highest BCUT2D eigenvalue weighted by Gasteiger charge is 2.00. The van der Waals surface area contributed by atoms with Gasteiger partial charge in [-0.3, -0.25) is 5.14 Å². The third-order valence-electron chi connectivity index (χ3n) is 1.54. The van der Waals surface area contributed by atoms with Crippen molar-refractivity contribution in [2.45, 2.75) is 18.7 Å². The lowest BCUT2D eigenvalue weighted by molar-refractivity contribution is 1.32. The highest BCUT2D eigenvalue weighted by molar-refractivity contribution is 7.97. The van der Waals surface area contributed by atoms with Crippen LogP contribution in [0.25, 0.3) is 11.0 Å². The van der Waals surface area contributed by atoms with Crippen molar-refractivity contribution in [3.63, 3.8) is 0 Å². The molecule has 3 nitrogen and oxygen atoms in total. The summed E-state index contributed by atoms with van der Waals surface area (Å²) in [5.41, 5.74) is 0.889. The van der Waals surface area contributed by atoms with Crippen molar-refractivity contribution in [3.05, 3.63) is 24.5 Å². The van der Waals surface area contributed by atoms with Crippen LogP contribution in [-0.4, -0.2) is 9.97 Å². The van der Waals surface area contributed by atoms with E-state index in [0.29, 0.717) is 0 Å². The summed E-state index contributed by atoms with van der Waals surface area (Å²) in [6.07, 6.45) is 3.62. The molecule has 0 aliphatic carbocycles. The topological polar surface area (TPSA) is 54.7 Å². The third kappa shape index (κ3) is 2.02. The van der Waals surface area contributed by atoms with Crippen molar-refractivity contribution >= 4 is 23.0 Å². The molecule has 0 aliphatic rings. The Morgan fingerprint density at radius 3 is 2.92 bits per heavy atom. The fourth-order valence-corrected chi connectivity index (χ4v) is 1.45. The van der Waals surface area contributed by atoms with E-state index in [-0.39, 0.29) is 0 Å². The van der Waals surface area contributed by atoms with Crippen LogP contribution >= 0.6 is 11.9 Å². The maximum Gasteiger partial charge on any atom is 0.138 e. The number of pyridine rings is 1. The molecule has 0 radical (unpaired) electrons. The van der Waals surface area contributed by atoms with Gasteiger partial charge in [0.15, 0.2) is 0 Å². The van der Waals surface area contributed by atoms with E-state index in [1.165, 1.54) is 11.9 Å². The van der Waals surface area contributed by atoms with Crippen LogP contribution in [0, 0.1) is 0 Å². The van der Waals surface area contributed by atoms with E-state index in [1.807, 2.05) is 32.2 Å². The maximum atomic E-state index is 5.43. The van der Waals surface area contributed by atoms with E-state index >= 15 is 0 Å². The molecule has 0 fully saturated rings. The second-order valence-corrected chi connectivity index (χ2v) is 2.85. The molecular formula is C9H13N3S. The lowest BCUT2D eigenvalue weighted by atomic mass is 10.3. The summed E-state index contributed by atoms with van der Waals surface area (Å²) in [6, 6.07) is 3.89. The fourth-order valence-electron chi connectivity index (χ4n) is 1.03. The van der Waals surface area contributed by atoms with Gasteiger partial charge in [0.25, 0.3) is 0 Å². The molecular weight excluding hydrogens is 182 g/mol. The first-order valence-electron chi connectivity index (χ1n) is 4.20. The van der Waals surface area contributed by atoms with E-state index in [4.69, 9.17) is 5.14 Å². The molecule has 2 rings (SSSR count). The smallest absolute Gasteiger partial charge is 0.138 e. The van der Waals surface area contributed by atoms with Crippen LogP contribution in [0.1, 0.15) is 13.8 Å². The van der Waals surface area contributed by atoms with Gasteiger partial charge in [-0.25, -0.2) is 4.98 Å². The van der Waals surface area contributed by atoms with Crippen molar-refractivity contribution in [3.8, 4) is 0 Å². The molecule has 2 heterocycles. The summed E-state index contributed by atoms with van der Waals surface area (Å²) in [5, 5.41) is 6.51. The molecule has 0 amide bonds. The zero-order valence-electron chi connectivity index (χ0n) is 7.74. The van der Waals surface area contributed by atoms with Crippen LogP contribution in [0.5, 0.6) is 0 Å². The molecule has 70 valence electrons. The molecule has 0 spiro atoms. The molecule has 0 aromatic carbocycles. The maximum absolute atomic E-state index is 5.43. The molecule has 0 saturated heterocycles. The second kappa shape index (κ2) is 4.89. The number of hydrogen-bond donors (Lipinski definition) is 2. The normalized spacial score (nSPS) is 9.46. The van der Waals surface area contributed by atoms with Crippen molar-refractivity contribution in [2.24, 2.45) is 5.14 Å². The number of nitrogens with two attached hydrogens (primary N) is 1. The van der Waals surface area contributed by atoms with Gasteiger partial charge >= 0.3 is 0 Å². The highest BCUT2D eigenvalue weighted by atomic mass is 32.2. The minimum atomic E-state index is 0.889. The van der Waals surface area contributed by atoms with Crippen LogP contribution in [-0.2, 0) is 0 Å². The Morgan fingerprint density at radius 1 is 1.46 bits per heavy atom. The van der Waals surface area contributed by atoms with Crippen LogP contribution in [0.4, 0.5) is 0 Å². The van der Waals surface area contributed by atoms with Crippen LogP contribution in [0.3, 0.4) is 0 Å². The molecule has 13 heavy (non-hydrogen) atoms. The first kappa shape index (κ1) is 10.1. The van der Waals surface area contributed by atoms with Gasteiger partial charge < -0.3 is 4.98 Å². The van der Waals surface area contributed by atoms with Crippen molar-refractivity contribution < 1.29 is 0 Å². The zero-order chi connectivity index (χ0) is 9.68. The quantitative estimate of drug-likeness (QED) is 0.687. The molecule has 0 atom stereocenters. The predicted molar refractivity (Wildman–Crippen MR) is 57.5 cm³/mol. The van der Waals surface area contributed by atoms with Gasteiger partial charge in [0.05, 0.1) is 0 Å². The number of fused-ring (bicyclic) bond motifs is 1. The number of aromatic amines is 1. The number of nitrogens with zero attached hydrogens (tertiary/aromatic N) is 1. The van der Waals surface area contributed by atoms with Gasteiger partial charge in [0.2, 0.25) is 0 Å². The number of H-pyrrole nitrogens is 1. The second-order valence-electron chi connectivity index (χ2n) is 2.17. The standard InChI is InChI=1S/C7H7N3S.C2H6/c8-11-6-4-10-7-5(6)2-1-3-9-7;1-2/h1-4H,8H2,(H,9,10);1-2H3. The largest absolute Gasteiger partial charge is 0.345 e. The van der Waals surface area contributed by atoms with E-state index in [1.54, 1.807) is 6.20 Å². The van der Waals surface area contributed by atoms with Crippen LogP contribution in [0.2, 0.25) is 0 Å². The number of hydrogen-bond acceptors (Lipinski definition) is 3. The Hall–Kier alpha value is -1.00. The highest BCUT2D eigenvalue weighted by Crippen LogP contribution is 2.21. The molecule has 0 bridgehead atoms. The van der Waals surface area contributed by atoms with E-state index in [9.17, 15) is 0 Å². The Kier molecular flexibility index (Phi) is 3.79. The van der Waals surface area contributed by atoms with Gasteiger partial charge in [-0.05, 0) is 24.1 Å². The minimum Gasteiger partial charge on any atom is -0.345 e. The molecule has 4 heteroatoms. The van der Waals surface area contributed by atoms with Gasteiger partial charge in [0, 0.05) is 22.7 Å². The first-order chi connectivity index (χ1) is 6.42. The summed E-state index contributed by atoms with van der Waals surface area (Å²) in [4.78, 5) is 8.19. The summed E-state index contributed by atoms with van der Waals surface area (Å²) in [6.45, 7) is 4.00. The lowest BCUT2D eigenvalue weighted by Crippen LogP contribution is -1.76. The molecule has 3 N–H and O–H groups in total. The van der Waals surface area contributed by atoms with Crippen molar-refractivity contribution in [1.29, 1.82) is 0 Å². The fraction of sp³-hybridized carbons (Fsp3) is 0.222. The Bertz CT molecular complexity index is 370. The van der Waals surface area contributed by atoms with E-state index in [2.05, 4.69) is 9.97 Å². The van der Waals surface area contributed by atoms with E-state index in [0.717, 1.165) is 15.9 Å². The molecule has 0 saturated carbocycles. The molecule has 2 aromatic rings. The number of aromatic nitrogens is 2. The first-order valence-corrected chi connectivity index (χ1v) is 5.08. The Balaban J connectivity index is 0.000000396. The molecule has 0 aliphatic heterocycles. The zero-order valence-corrected chi connectivity index (χ0v) is 8.56. The molecule has 0 unspecified atom stereocenters. The van der Waals surface area contributed by atoms with Gasteiger partial charge in [-0.2, -0.15) is 0 Å². The lowest BCUT2D eigenvalue weighted by Gasteiger charge is -1.89. The van der Waals surface area contributed by atoms with Crippen molar-refractivity contribution in [1.82, 2.24) is 9.97 Å². The SMILES string of the molecule is CC.NSc1c[nH]c2ncccc12. The minimum absolute atomic E-state index is 0.889. The van der Waals surface area contributed by atoms with Crippen LogP contribution < -0.4 is 5.14 Å². The van der Waals surface area contributed by atoms with Gasteiger partial charge in [-0.15, -0.1) is 0 Å². The average Bonchev–Trinajstić information content (AvgIpc) is 2.64. The summed E-state index contributed by atoms with van der Waals surface area (Å²) in [5.74, 6) is 0. The third-order valence-corrected chi connectivity index (χ3v) is 2.13. The van der Waals surface area contributed by atoms with E-state index < -0.39 is 0 Å². The summed E-state index contributed by atoms with van der Waals surface area (Å²) < 4.78 is 0. The summed E-state index contributed by atoms with van der Waals surface area (Å²) >= 11 is 1.23.